The summed E-state index contributed by atoms with van der Waals surface area (Å²) in [5.41, 5.74) is 1.08. The molecule has 7 nitrogen and oxygen atoms in total. The number of aliphatic hydroxyl groups excluding tert-OH is 2. The van der Waals surface area contributed by atoms with Gasteiger partial charge in [0.1, 0.15) is 18.0 Å². The Labute approximate surface area is 259 Å². The monoisotopic (exact) mass is 700 g/mol. The van der Waals surface area contributed by atoms with Crippen molar-refractivity contribution in [2.75, 3.05) is 13.2 Å². The number of nitrogens with zero attached hydrogens (tertiary/aromatic N) is 1. The summed E-state index contributed by atoms with van der Waals surface area (Å²) in [6, 6.07) is 11.8. The van der Waals surface area contributed by atoms with Gasteiger partial charge in [0.25, 0.3) is 0 Å². The van der Waals surface area contributed by atoms with Crippen LogP contribution >= 0.6 is 45.8 Å². The van der Waals surface area contributed by atoms with Crippen LogP contribution in [0, 0.1) is 9.49 Å². The molecule has 0 aromatic heterocycles. The highest BCUT2D eigenvalue weighted by Crippen LogP contribution is 2.33. The number of amides is 2. The number of carbonyl (C=O) groups excluding carboxylic acids is 2. The highest BCUT2D eigenvalue weighted by molar-refractivity contribution is 14.1. The standard InChI is InChI=1S/C30H35Cl2IN2O5/c31-22-11-10-20(23(32)17-22)18-35(28(37)12-9-19-5-1-2-6-19)25-15-21(30(39)34-13-14-36)16-27(29(25)38)40-26-8-4-3-7-24(26)33/h3-4,7-8,10-11,16-17,19,25,27,29,36,38H,1-2,5-6,9,12-15,18H2,(H,34,39). The van der Waals surface area contributed by atoms with Crippen LogP contribution < -0.4 is 10.1 Å². The summed E-state index contributed by atoms with van der Waals surface area (Å²) in [6.45, 7) is 0.0479. The molecule has 40 heavy (non-hydrogen) atoms. The number of hydrogen-bond donors (Lipinski definition) is 3. The number of para-hydroxylation sites is 1. The maximum Gasteiger partial charge on any atom is 0.247 e. The lowest BCUT2D eigenvalue weighted by atomic mass is 9.87. The Hall–Kier alpha value is -1.85. The number of halogens is 3. The van der Waals surface area contributed by atoms with Gasteiger partial charge in [-0.2, -0.15) is 0 Å². The lowest BCUT2D eigenvalue weighted by Crippen LogP contribution is -2.54. The number of carbonyl (C=O) groups is 2. The average Bonchev–Trinajstić information content (AvgIpc) is 3.46. The normalized spacial score (nSPS) is 21.1. The molecule has 0 aliphatic heterocycles. The predicted octanol–water partition coefficient (Wildman–Crippen LogP) is 5.51. The van der Waals surface area contributed by atoms with Crippen LogP contribution in [0.3, 0.4) is 0 Å². The van der Waals surface area contributed by atoms with Crippen LogP contribution in [0.5, 0.6) is 5.75 Å². The quantitative estimate of drug-likeness (QED) is 0.269. The third kappa shape index (κ3) is 8.12. The third-order valence-corrected chi connectivity index (χ3v) is 9.11. The highest BCUT2D eigenvalue weighted by Gasteiger charge is 2.41. The van der Waals surface area contributed by atoms with Crippen molar-refractivity contribution in [3.05, 3.63) is 73.3 Å². The summed E-state index contributed by atoms with van der Waals surface area (Å²) in [4.78, 5) is 28.5. The molecule has 10 heteroatoms. The molecule has 2 aliphatic carbocycles. The Balaban J connectivity index is 1.66. The van der Waals surface area contributed by atoms with Gasteiger partial charge in [-0.3, -0.25) is 9.59 Å². The summed E-state index contributed by atoms with van der Waals surface area (Å²) < 4.78 is 7.08. The number of ether oxygens (including phenoxy) is 1. The van der Waals surface area contributed by atoms with Crippen LogP contribution in [0.25, 0.3) is 0 Å². The number of nitrogens with one attached hydrogen (secondary N) is 1. The molecule has 0 spiro atoms. The summed E-state index contributed by atoms with van der Waals surface area (Å²) in [7, 11) is 0. The fraction of sp³-hybridized carbons (Fsp3) is 0.467. The Morgan fingerprint density at radius 1 is 1.12 bits per heavy atom. The molecule has 3 N–H and O–H groups in total. The van der Waals surface area contributed by atoms with Gasteiger partial charge >= 0.3 is 0 Å². The van der Waals surface area contributed by atoms with Gasteiger partial charge in [0.05, 0.1) is 16.2 Å². The van der Waals surface area contributed by atoms with Crippen molar-refractivity contribution in [1.29, 1.82) is 0 Å². The molecular weight excluding hydrogens is 666 g/mol. The van der Waals surface area contributed by atoms with E-state index in [1.165, 1.54) is 12.8 Å². The van der Waals surface area contributed by atoms with Gasteiger partial charge in [-0.15, -0.1) is 0 Å². The van der Waals surface area contributed by atoms with E-state index in [4.69, 9.17) is 27.9 Å². The minimum Gasteiger partial charge on any atom is -0.482 e. The maximum absolute atomic E-state index is 13.8. The molecule has 216 valence electrons. The molecule has 2 aliphatic rings. The van der Waals surface area contributed by atoms with E-state index in [0.29, 0.717) is 39.3 Å². The van der Waals surface area contributed by atoms with Crippen molar-refractivity contribution in [3.8, 4) is 5.75 Å². The van der Waals surface area contributed by atoms with Gasteiger partial charge in [-0.25, -0.2) is 0 Å². The van der Waals surface area contributed by atoms with Crippen molar-refractivity contribution < 1.29 is 24.5 Å². The van der Waals surface area contributed by atoms with E-state index in [9.17, 15) is 19.8 Å². The Morgan fingerprint density at radius 2 is 1.88 bits per heavy atom. The molecule has 0 bridgehead atoms. The predicted molar refractivity (Wildman–Crippen MR) is 164 cm³/mol. The van der Waals surface area contributed by atoms with Crippen LogP contribution in [0.2, 0.25) is 10.0 Å². The van der Waals surface area contributed by atoms with E-state index in [-0.39, 0.29) is 37.9 Å². The molecule has 0 saturated heterocycles. The van der Waals surface area contributed by atoms with Gasteiger partial charge < -0.3 is 25.2 Å². The van der Waals surface area contributed by atoms with E-state index >= 15 is 0 Å². The zero-order valence-electron chi connectivity index (χ0n) is 22.2. The molecule has 1 saturated carbocycles. The zero-order chi connectivity index (χ0) is 28.6. The summed E-state index contributed by atoms with van der Waals surface area (Å²) in [5.74, 6) is 0.619. The second kappa shape index (κ2) is 14.9. The van der Waals surface area contributed by atoms with Gasteiger partial charge in [-0.05, 0) is 70.8 Å². The molecule has 4 rings (SSSR count). The van der Waals surface area contributed by atoms with Crippen molar-refractivity contribution in [2.24, 2.45) is 5.92 Å². The van der Waals surface area contributed by atoms with Gasteiger partial charge in [0.2, 0.25) is 11.8 Å². The van der Waals surface area contributed by atoms with Crippen LogP contribution in [0.1, 0.15) is 50.5 Å². The lowest BCUT2D eigenvalue weighted by molar-refractivity contribution is -0.139. The number of hydrogen-bond acceptors (Lipinski definition) is 5. The molecule has 3 unspecified atom stereocenters. The number of aliphatic hydroxyl groups is 2. The molecule has 3 atom stereocenters. The average molecular weight is 701 g/mol. The van der Waals surface area contributed by atoms with Crippen molar-refractivity contribution in [3.63, 3.8) is 0 Å². The molecule has 0 heterocycles. The first-order valence-electron chi connectivity index (χ1n) is 13.7. The number of rotatable bonds is 11. The first-order valence-corrected chi connectivity index (χ1v) is 15.5. The van der Waals surface area contributed by atoms with E-state index in [0.717, 1.165) is 22.8 Å². The van der Waals surface area contributed by atoms with Crippen LogP contribution in [0.4, 0.5) is 0 Å². The molecule has 2 amide bonds. The Bertz CT molecular complexity index is 1220. The van der Waals surface area contributed by atoms with Crippen LogP contribution in [-0.2, 0) is 16.1 Å². The van der Waals surface area contributed by atoms with Crippen molar-refractivity contribution in [1.82, 2.24) is 10.2 Å². The van der Waals surface area contributed by atoms with E-state index in [1.807, 2.05) is 18.2 Å². The largest absolute Gasteiger partial charge is 0.482 e. The first kappa shape index (κ1) is 31.1. The molecule has 2 aromatic rings. The van der Waals surface area contributed by atoms with Crippen molar-refractivity contribution >= 4 is 57.6 Å². The minimum absolute atomic E-state index is 0.0932. The second-order valence-electron chi connectivity index (χ2n) is 10.4. The Kier molecular flexibility index (Phi) is 11.6. The lowest BCUT2D eigenvalue weighted by Gasteiger charge is -2.41. The summed E-state index contributed by atoms with van der Waals surface area (Å²) >= 11 is 14.8. The SMILES string of the molecule is O=C(NCCO)C1=CC(Oc2ccccc2I)C(O)C(N(Cc2ccc(Cl)cc2Cl)C(=O)CCC2CCCC2)C1. The van der Waals surface area contributed by atoms with Gasteiger partial charge in [-0.1, -0.05) is 67.1 Å². The highest BCUT2D eigenvalue weighted by atomic mass is 127. The molecule has 1 fully saturated rings. The van der Waals surface area contributed by atoms with Crippen LogP contribution in [0.15, 0.2) is 54.1 Å². The van der Waals surface area contributed by atoms with Crippen LogP contribution in [-0.4, -0.2) is 58.3 Å². The second-order valence-corrected chi connectivity index (χ2v) is 12.4. The van der Waals surface area contributed by atoms with Gasteiger partial charge in [0, 0.05) is 41.5 Å². The number of benzene rings is 2. The molecule has 2 aromatic carbocycles. The fourth-order valence-corrected chi connectivity index (χ4v) is 6.44. The zero-order valence-corrected chi connectivity index (χ0v) is 25.9. The fourth-order valence-electron chi connectivity index (χ4n) is 5.46. The smallest absolute Gasteiger partial charge is 0.247 e. The van der Waals surface area contributed by atoms with E-state index in [2.05, 4.69) is 27.9 Å². The summed E-state index contributed by atoms with van der Waals surface area (Å²) in [5, 5.41) is 24.5. The molecule has 0 radical (unpaired) electrons. The molecular formula is C30H35Cl2IN2O5. The third-order valence-electron chi connectivity index (χ3n) is 7.63. The minimum atomic E-state index is -1.10. The first-order chi connectivity index (χ1) is 19.3. The topological polar surface area (TPSA) is 99.1 Å². The van der Waals surface area contributed by atoms with E-state index in [1.54, 1.807) is 35.2 Å². The van der Waals surface area contributed by atoms with Gasteiger partial charge in [0.15, 0.2) is 0 Å². The Morgan fingerprint density at radius 3 is 2.58 bits per heavy atom. The summed E-state index contributed by atoms with van der Waals surface area (Å²) in [6.07, 6.45) is 5.54. The van der Waals surface area contributed by atoms with E-state index < -0.39 is 18.2 Å². The van der Waals surface area contributed by atoms with Crippen molar-refractivity contribution in [2.45, 2.75) is 69.7 Å². The maximum atomic E-state index is 13.8.